The standard InChI is InChI=1S/C15H30O5Si/c1-6-7-8-11-14(21(18-3,19-4)20-5)12-9-10-13(2)15(16)17/h14H,2,6-12H2,1,3-5H3,(H,16,17). The zero-order valence-corrected chi connectivity index (χ0v) is 14.8. The zero-order chi connectivity index (χ0) is 16.3. The Morgan fingerprint density at radius 1 is 1.10 bits per heavy atom. The van der Waals surface area contributed by atoms with Crippen molar-refractivity contribution in [2.75, 3.05) is 21.3 Å². The normalized spacial score (nSPS) is 13.1. The summed E-state index contributed by atoms with van der Waals surface area (Å²) in [6, 6.07) is 0. The molecule has 0 saturated heterocycles. The molecule has 1 N–H and O–H groups in total. The van der Waals surface area contributed by atoms with Gasteiger partial charge < -0.3 is 18.4 Å². The van der Waals surface area contributed by atoms with Gasteiger partial charge in [-0.3, -0.25) is 0 Å². The van der Waals surface area contributed by atoms with Crippen LogP contribution in [-0.4, -0.2) is 41.2 Å². The van der Waals surface area contributed by atoms with Gasteiger partial charge in [-0.1, -0.05) is 32.8 Å². The first-order chi connectivity index (χ1) is 9.97. The predicted octanol–water partition coefficient (Wildman–Crippen LogP) is 3.63. The number of carbonyl (C=O) groups is 1. The molecular weight excluding hydrogens is 288 g/mol. The molecule has 0 aromatic heterocycles. The van der Waals surface area contributed by atoms with Gasteiger partial charge in [0, 0.05) is 32.4 Å². The highest BCUT2D eigenvalue weighted by Gasteiger charge is 2.46. The number of hydrogen-bond acceptors (Lipinski definition) is 4. The third-order valence-corrected chi connectivity index (χ3v) is 7.13. The first kappa shape index (κ1) is 20.3. The maximum Gasteiger partial charge on any atom is 0.503 e. The average Bonchev–Trinajstić information content (AvgIpc) is 2.48. The van der Waals surface area contributed by atoms with Crippen molar-refractivity contribution in [3.05, 3.63) is 12.2 Å². The minimum absolute atomic E-state index is 0.200. The smallest absolute Gasteiger partial charge is 0.478 e. The molecule has 0 amide bonds. The quantitative estimate of drug-likeness (QED) is 0.319. The van der Waals surface area contributed by atoms with Gasteiger partial charge in [-0.05, 0) is 25.7 Å². The van der Waals surface area contributed by atoms with Crippen LogP contribution in [0.5, 0.6) is 0 Å². The molecule has 0 saturated carbocycles. The molecule has 0 fully saturated rings. The molecule has 1 atom stereocenters. The number of rotatable bonds is 13. The minimum atomic E-state index is -2.67. The first-order valence-corrected chi connectivity index (χ1v) is 9.34. The van der Waals surface area contributed by atoms with E-state index in [1.165, 1.54) is 6.42 Å². The fourth-order valence-electron chi connectivity index (χ4n) is 2.56. The Kier molecular flexibility index (Phi) is 10.6. The van der Waals surface area contributed by atoms with Gasteiger partial charge in [0.15, 0.2) is 0 Å². The van der Waals surface area contributed by atoms with Crippen LogP contribution < -0.4 is 0 Å². The molecule has 1 unspecified atom stereocenters. The van der Waals surface area contributed by atoms with Crippen molar-refractivity contribution in [2.45, 2.75) is 57.4 Å². The van der Waals surface area contributed by atoms with Crippen LogP contribution in [-0.2, 0) is 18.1 Å². The van der Waals surface area contributed by atoms with Crippen molar-refractivity contribution in [1.29, 1.82) is 0 Å². The van der Waals surface area contributed by atoms with E-state index in [9.17, 15) is 4.79 Å². The van der Waals surface area contributed by atoms with E-state index in [0.29, 0.717) is 6.42 Å². The van der Waals surface area contributed by atoms with Crippen molar-refractivity contribution in [1.82, 2.24) is 0 Å². The number of unbranched alkanes of at least 4 members (excludes halogenated alkanes) is 2. The Labute approximate surface area is 129 Å². The molecule has 0 radical (unpaired) electrons. The molecule has 0 aliphatic rings. The summed E-state index contributed by atoms with van der Waals surface area (Å²) in [6.45, 7) is 5.73. The van der Waals surface area contributed by atoms with E-state index in [-0.39, 0.29) is 11.1 Å². The van der Waals surface area contributed by atoms with Crippen LogP contribution in [0.4, 0.5) is 0 Å². The second-order valence-corrected chi connectivity index (χ2v) is 8.46. The molecule has 0 aliphatic heterocycles. The molecule has 0 rings (SSSR count). The third kappa shape index (κ3) is 6.73. The summed E-state index contributed by atoms with van der Waals surface area (Å²) < 4.78 is 16.8. The molecule has 0 aromatic carbocycles. The Morgan fingerprint density at radius 3 is 2.05 bits per heavy atom. The number of carboxylic acid groups (broad SMARTS) is 1. The number of carboxylic acids is 1. The number of hydrogen-bond donors (Lipinski definition) is 1. The Bertz CT molecular complexity index is 307. The van der Waals surface area contributed by atoms with E-state index in [4.69, 9.17) is 18.4 Å². The summed E-state index contributed by atoms with van der Waals surface area (Å²) in [5.41, 5.74) is 0.451. The van der Waals surface area contributed by atoms with Crippen molar-refractivity contribution in [2.24, 2.45) is 0 Å². The lowest BCUT2D eigenvalue weighted by molar-refractivity contribution is -0.132. The summed E-state index contributed by atoms with van der Waals surface area (Å²) in [6.07, 6.45) is 6.48. The molecule has 6 heteroatoms. The lowest BCUT2D eigenvalue weighted by atomic mass is 10.0. The molecule has 0 bridgehead atoms. The van der Waals surface area contributed by atoms with Gasteiger partial charge in [0.2, 0.25) is 0 Å². The summed E-state index contributed by atoms with van der Waals surface area (Å²) >= 11 is 0. The molecule has 0 aliphatic carbocycles. The van der Waals surface area contributed by atoms with E-state index >= 15 is 0 Å². The van der Waals surface area contributed by atoms with Crippen LogP contribution in [0.2, 0.25) is 5.54 Å². The predicted molar refractivity (Wildman–Crippen MR) is 85.3 cm³/mol. The summed E-state index contributed by atoms with van der Waals surface area (Å²) in [7, 11) is 2.21. The second-order valence-electron chi connectivity index (χ2n) is 5.21. The van der Waals surface area contributed by atoms with Crippen LogP contribution in [0.3, 0.4) is 0 Å². The van der Waals surface area contributed by atoms with Gasteiger partial charge in [0.25, 0.3) is 0 Å². The van der Waals surface area contributed by atoms with Crippen LogP contribution >= 0.6 is 0 Å². The second kappa shape index (κ2) is 11.0. The minimum Gasteiger partial charge on any atom is -0.478 e. The largest absolute Gasteiger partial charge is 0.503 e. The van der Waals surface area contributed by atoms with E-state index in [0.717, 1.165) is 32.1 Å². The highest BCUT2D eigenvalue weighted by Crippen LogP contribution is 2.34. The highest BCUT2D eigenvalue weighted by atomic mass is 28.4. The number of aliphatic carboxylic acids is 1. The van der Waals surface area contributed by atoms with Gasteiger partial charge in [-0.15, -0.1) is 0 Å². The Balaban J connectivity index is 4.64. The Morgan fingerprint density at radius 2 is 1.62 bits per heavy atom. The van der Waals surface area contributed by atoms with Gasteiger partial charge in [0.05, 0.1) is 0 Å². The maximum atomic E-state index is 10.8. The highest BCUT2D eigenvalue weighted by molar-refractivity contribution is 6.62. The molecule has 0 aromatic rings. The van der Waals surface area contributed by atoms with E-state index < -0.39 is 14.8 Å². The van der Waals surface area contributed by atoms with Crippen molar-refractivity contribution >= 4 is 14.8 Å². The summed E-state index contributed by atoms with van der Waals surface area (Å²) in [4.78, 5) is 10.8. The van der Waals surface area contributed by atoms with Crippen molar-refractivity contribution in [3.8, 4) is 0 Å². The summed E-state index contributed by atoms with van der Waals surface area (Å²) in [5, 5.41) is 8.85. The zero-order valence-electron chi connectivity index (χ0n) is 13.8. The lowest BCUT2D eigenvalue weighted by Crippen LogP contribution is -2.47. The van der Waals surface area contributed by atoms with Gasteiger partial charge in [-0.25, -0.2) is 4.79 Å². The monoisotopic (exact) mass is 318 g/mol. The van der Waals surface area contributed by atoms with E-state index in [2.05, 4.69) is 13.5 Å². The molecule has 0 heterocycles. The fraction of sp³-hybridized carbons (Fsp3) is 0.800. The van der Waals surface area contributed by atoms with Gasteiger partial charge in [0.1, 0.15) is 0 Å². The van der Waals surface area contributed by atoms with E-state index in [1.807, 2.05) is 0 Å². The molecule has 0 spiro atoms. The maximum absolute atomic E-state index is 10.8. The lowest BCUT2D eigenvalue weighted by Gasteiger charge is -2.32. The molecule has 5 nitrogen and oxygen atoms in total. The SMILES string of the molecule is C=C(CCCC(CCCCC)[Si](OC)(OC)OC)C(=O)O. The Hall–Kier alpha value is -0.693. The van der Waals surface area contributed by atoms with E-state index in [1.54, 1.807) is 21.3 Å². The van der Waals surface area contributed by atoms with Crippen molar-refractivity contribution in [3.63, 3.8) is 0 Å². The molecule has 124 valence electrons. The van der Waals surface area contributed by atoms with Gasteiger partial charge in [-0.2, -0.15) is 0 Å². The molecule has 21 heavy (non-hydrogen) atoms. The first-order valence-electron chi connectivity index (χ1n) is 7.53. The van der Waals surface area contributed by atoms with Crippen LogP contribution in [0.15, 0.2) is 12.2 Å². The third-order valence-electron chi connectivity index (χ3n) is 3.84. The fourth-order valence-corrected chi connectivity index (χ4v) is 5.17. The average molecular weight is 318 g/mol. The van der Waals surface area contributed by atoms with Crippen LogP contribution in [0, 0.1) is 0 Å². The van der Waals surface area contributed by atoms with Crippen molar-refractivity contribution < 1.29 is 23.2 Å². The van der Waals surface area contributed by atoms with Crippen LogP contribution in [0.25, 0.3) is 0 Å². The topological polar surface area (TPSA) is 65.0 Å². The molecular formula is C15H30O5Si. The van der Waals surface area contributed by atoms with Gasteiger partial charge >= 0.3 is 14.8 Å². The summed E-state index contributed by atoms with van der Waals surface area (Å²) in [5.74, 6) is -0.925. The van der Waals surface area contributed by atoms with Crippen LogP contribution in [0.1, 0.15) is 51.9 Å².